The van der Waals surface area contributed by atoms with Crippen LogP contribution in [0.5, 0.6) is 0 Å². The molecular weight excluding hydrogens is 632 g/mol. The van der Waals surface area contributed by atoms with Crippen molar-refractivity contribution in [1.29, 1.82) is 5.26 Å². The highest BCUT2D eigenvalue weighted by Crippen LogP contribution is 2.33. The van der Waals surface area contributed by atoms with Crippen LogP contribution < -0.4 is 11.1 Å². The molecule has 0 spiro atoms. The SMILES string of the molecule is CC(C)(C=C(C#N)C(=O)N1CCCC1Cn1nc(-c2ccc(C(=O)Nc3ccccn3)cc2)c2c(N)nccc21)N1CCN(C2COC2)CC1. The van der Waals surface area contributed by atoms with E-state index in [-0.39, 0.29) is 23.4 Å². The minimum atomic E-state index is -0.454. The summed E-state index contributed by atoms with van der Waals surface area (Å²) in [6.07, 6.45) is 6.75. The van der Waals surface area contributed by atoms with Gasteiger partial charge in [0, 0.05) is 61.8 Å². The molecular formula is C37H42N10O3. The first-order chi connectivity index (χ1) is 24.2. The lowest BCUT2D eigenvalue weighted by Gasteiger charge is -2.46. The number of hydrogen-bond donors (Lipinski definition) is 2. The van der Waals surface area contributed by atoms with E-state index in [9.17, 15) is 14.9 Å². The molecule has 3 aliphatic heterocycles. The molecule has 3 aromatic heterocycles. The predicted molar refractivity (Wildman–Crippen MR) is 190 cm³/mol. The number of nitrogen functional groups attached to an aromatic ring is 1. The second kappa shape index (κ2) is 14.0. The third-order valence-electron chi connectivity index (χ3n) is 10.2. The number of anilines is 2. The van der Waals surface area contributed by atoms with Crippen molar-refractivity contribution in [1.82, 2.24) is 34.4 Å². The molecule has 13 nitrogen and oxygen atoms in total. The van der Waals surface area contributed by atoms with E-state index >= 15 is 0 Å². The number of nitrogens with zero attached hydrogens (tertiary/aromatic N) is 8. The van der Waals surface area contributed by atoms with Crippen molar-refractivity contribution in [2.45, 2.75) is 50.9 Å². The number of fused-ring (bicyclic) bond motifs is 1. The molecule has 4 aromatic rings. The van der Waals surface area contributed by atoms with Gasteiger partial charge in [-0.1, -0.05) is 18.2 Å². The third kappa shape index (κ3) is 6.69. The minimum Gasteiger partial charge on any atom is -0.383 e. The number of carbonyl (C=O) groups is 2. The molecule has 0 bridgehead atoms. The Labute approximate surface area is 291 Å². The molecule has 6 heterocycles. The van der Waals surface area contributed by atoms with Crippen LogP contribution in [0.4, 0.5) is 11.6 Å². The van der Waals surface area contributed by atoms with E-state index in [1.165, 1.54) is 0 Å². The average molecular weight is 675 g/mol. The normalized spacial score (nSPS) is 19.3. The van der Waals surface area contributed by atoms with Gasteiger partial charge in [0.25, 0.3) is 11.8 Å². The number of pyridine rings is 2. The van der Waals surface area contributed by atoms with Crippen LogP contribution in [0.1, 0.15) is 37.0 Å². The van der Waals surface area contributed by atoms with Crippen molar-refractivity contribution >= 4 is 34.4 Å². The smallest absolute Gasteiger partial charge is 0.264 e. The Balaban J connectivity index is 1.08. The summed E-state index contributed by atoms with van der Waals surface area (Å²) in [5.41, 5.74) is 8.82. The van der Waals surface area contributed by atoms with Gasteiger partial charge in [0.2, 0.25) is 0 Å². The number of ether oxygens (including phenoxy) is 1. The highest BCUT2D eigenvalue weighted by molar-refractivity contribution is 6.05. The second-order valence-electron chi connectivity index (χ2n) is 13.7. The number of nitrogens with two attached hydrogens (primary N) is 1. The predicted octanol–water partition coefficient (Wildman–Crippen LogP) is 3.56. The first kappa shape index (κ1) is 33.3. The largest absolute Gasteiger partial charge is 0.383 e. The van der Waals surface area contributed by atoms with Gasteiger partial charge in [0.05, 0.1) is 42.7 Å². The molecule has 2 amide bonds. The van der Waals surface area contributed by atoms with Crippen LogP contribution in [0.2, 0.25) is 0 Å². The van der Waals surface area contributed by atoms with Crippen LogP contribution in [-0.4, -0.2) is 110 Å². The average Bonchev–Trinajstić information content (AvgIpc) is 3.72. The van der Waals surface area contributed by atoms with E-state index in [2.05, 4.69) is 45.0 Å². The van der Waals surface area contributed by atoms with Gasteiger partial charge in [-0.2, -0.15) is 10.4 Å². The highest BCUT2D eigenvalue weighted by Gasteiger charge is 2.36. The first-order valence-electron chi connectivity index (χ1n) is 17.2. The second-order valence-corrected chi connectivity index (χ2v) is 13.7. The Bertz CT molecular complexity index is 1940. The van der Waals surface area contributed by atoms with Crippen molar-refractivity contribution in [3.8, 4) is 17.3 Å². The van der Waals surface area contributed by atoms with E-state index < -0.39 is 5.54 Å². The molecule has 3 saturated heterocycles. The monoisotopic (exact) mass is 674 g/mol. The fourth-order valence-electron chi connectivity index (χ4n) is 7.23. The summed E-state index contributed by atoms with van der Waals surface area (Å²) in [5.74, 6) is 0.304. The van der Waals surface area contributed by atoms with E-state index in [1.807, 2.05) is 39.9 Å². The van der Waals surface area contributed by atoms with Crippen LogP contribution >= 0.6 is 0 Å². The fourth-order valence-corrected chi connectivity index (χ4v) is 7.23. The van der Waals surface area contributed by atoms with E-state index in [0.29, 0.717) is 47.4 Å². The molecule has 1 atom stereocenters. The first-order valence-corrected chi connectivity index (χ1v) is 17.2. The van der Waals surface area contributed by atoms with Crippen LogP contribution in [0, 0.1) is 11.3 Å². The van der Waals surface area contributed by atoms with E-state index in [0.717, 1.165) is 63.3 Å². The number of nitrogens with one attached hydrogen (secondary N) is 1. The van der Waals surface area contributed by atoms with Gasteiger partial charge in [-0.25, -0.2) is 9.97 Å². The van der Waals surface area contributed by atoms with Crippen LogP contribution in [0.25, 0.3) is 22.2 Å². The number of benzene rings is 1. The van der Waals surface area contributed by atoms with Gasteiger partial charge in [-0.05, 0) is 63.1 Å². The van der Waals surface area contributed by atoms with Gasteiger partial charge >= 0.3 is 0 Å². The number of hydrogen-bond acceptors (Lipinski definition) is 10. The van der Waals surface area contributed by atoms with Gasteiger partial charge in [-0.3, -0.25) is 24.1 Å². The molecule has 1 aromatic carbocycles. The number of amides is 2. The fraction of sp³-hybridized carbons (Fsp3) is 0.405. The third-order valence-corrected chi connectivity index (χ3v) is 10.2. The van der Waals surface area contributed by atoms with E-state index in [4.69, 9.17) is 15.6 Å². The summed E-state index contributed by atoms with van der Waals surface area (Å²) in [6.45, 7) is 10.4. The van der Waals surface area contributed by atoms with Gasteiger partial charge in [-0.15, -0.1) is 0 Å². The Morgan fingerprint density at radius 3 is 2.50 bits per heavy atom. The zero-order valence-electron chi connectivity index (χ0n) is 28.5. The molecule has 258 valence electrons. The summed E-state index contributed by atoms with van der Waals surface area (Å²) in [4.78, 5) is 41.9. The molecule has 3 aliphatic rings. The lowest BCUT2D eigenvalue weighted by Crippen LogP contribution is -2.59. The lowest BCUT2D eigenvalue weighted by molar-refractivity contribution is -0.127. The summed E-state index contributed by atoms with van der Waals surface area (Å²) in [5, 5.41) is 18.7. The van der Waals surface area contributed by atoms with Crippen molar-refractivity contribution in [2.24, 2.45) is 0 Å². The van der Waals surface area contributed by atoms with Crippen LogP contribution in [-0.2, 0) is 16.1 Å². The van der Waals surface area contributed by atoms with Crippen LogP contribution in [0.15, 0.2) is 72.6 Å². The number of aromatic nitrogens is 4. The molecule has 50 heavy (non-hydrogen) atoms. The molecule has 3 fully saturated rings. The molecule has 1 unspecified atom stereocenters. The quantitative estimate of drug-likeness (QED) is 0.199. The van der Waals surface area contributed by atoms with Crippen molar-refractivity contribution in [3.63, 3.8) is 0 Å². The lowest BCUT2D eigenvalue weighted by atomic mass is 9.97. The maximum atomic E-state index is 14.0. The molecule has 3 N–H and O–H groups in total. The van der Waals surface area contributed by atoms with Gasteiger partial charge < -0.3 is 20.7 Å². The minimum absolute atomic E-state index is 0.154. The number of nitriles is 1. The summed E-state index contributed by atoms with van der Waals surface area (Å²) < 4.78 is 7.26. The molecule has 0 saturated carbocycles. The number of carbonyl (C=O) groups excluding carboxylic acids is 2. The Hall–Kier alpha value is -5.16. The van der Waals surface area contributed by atoms with Crippen molar-refractivity contribution in [2.75, 3.05) is 57.0 Å². The molecule has 0 aliphatic carbocycles. The number of likely N-dealkylation sites (tertiary alicyclic amines) is 1. The summed E-state index contributed by atoms with van der Waals surface area (Å²) in [6, 6.07) is 16.9. The van der Waals surface area contributed by atoms with Gasteiger partial charge in [0.1, 0.15) is 29.0 Å². The number of rotatable bonds is 9. The molecule has 0 radical (unpaired) electrons. The van der Waals surface area contributed by atoms with Crippen molar-refractivity contribution < 1.29 is 14.3 Å². The molecule has 13 heteroatoms. The maximum absolute atomic E-state index is 14.0. The van der Waals surface area contributed by atoms with Crippen molar-refractivity contribution in [3.05, 3.63) is 78.1 Å². The standard InChI is InChI=1S/C37H42N10O3/c1-37(2,45-18-16-44(17-19-45)29-23-50-24-29)20-27(21-38)36(49)46-15-5-6-28(46)22-47-30-12-14-41-34(39)32(30)33(43-47)25-8-10-26(11-9-25)35(48)42-31-7-3-4-13-40-31/h3-4,7-14,20,28-29H,5-6,15-19,22-24H2,1-2H3,(H2,39,41)(H,40,42,48). The summed E-state index contributed by atoms with van der Waals surface area (Å²) in [7, 11) is 0. The maximum Gasteiger partial charge on any atom is 0.264 e. The summed E-state index contributed by atoms with van der Waals surface area (Å²) >= 11 is 0. The Morgan fingerprint density at radius 2 is 1.82 bits per heavy atom. The van der Waals surface area contributed by atoms with Gasteiger partial charge in [0.15, 0.2) is 0 Å². The highest BCUT2D eigenvalue weighted by atomic mass is 16.5. The Kier molecular flexibility index (Phi) is 9.33. The zero-order valence-corrected chi connectivity index (χ0v) is 28.5. The molecule has 7 rings (SSSR count). The van der Waals surface area contributed by atoms with Crippen LogP contribution in [0.3, 0.4) is 0 Å². The Morgan fingerprint density at radius 1 is 1.04 bits per heavy atom. The topological polar surface area (TPSA) is 159 Å². The van der Waals surface area contributed by atoms with E-state index in [1.54, 1.807) is 36.7 Å². The number of piperazine rings is 1. The zero-order chi connectivity index (χ0) is 34.8.